The number of aliphatic hydroxyl groups excluding tert-OH is 1. The maximum absolute atomic E-state index is 9.01. The molecular formula is C7H14O3. The van der Waals surface area contributed by atoms with Crippen LogP contribution in [-0.4, -0.2) is 16.7 Å². The summed E-state index contributed by atoms with van der Waals surface area (Å²) in [5.74, 6) is 0.152. The van der Waals surface area contributed by atoms with Crippen LogP contribution in [-0.2, 0) is 4.89 Å². The van der Waals surface area contributed by atoms with Gasteiger partial charge in [0.05, 0.1) is 0 Å². The molecule has 0 amide bonds. The van der Waals surface area contributed by atoms with Crippen molar-refractivity contribution in [1.29, 1.82) is 0 Å². The van der Waals surface area contributed by atoms with Gasteiger partial charge in [-0.1, -0.05) is 19.3 Å². The third-order valence-corrected chi connectivity index (χ3v) is 2.16. The second-order valence-corrected chi connectivity index (χ2v) is 2.89. The molecule has 0 aromatic rings. The molecule has 2 N–H and O–H groups in total. The molecule has 0 heterocycles. The summed E-state index contributed by atoms with van der Waals surface area (Å²) in [6.07, 6.45) is 4.52. The Bertz CT molecular complexity index is 88.9. The predicted octanol–water partition coefficient (Wildman–Crippen LogP) is 1.37. The molecule has 0 saturated heterocycles. The standard InChI is InChI=1S/C7H14O3/c8-7(10-9)6-4-2-1-3-5-6/h6-9H,1-5H2. The van der Waals surface area contributed by atoms with E-state index >= 15 is 0 Å². The Morgan fingerprint density at radius 1 is 1.20 bits per heavy atom. The van der Waals surface area contributed by atoms with Crippen LogP contribution in [0.1, 0.15) is 32.1 Å². The SMILES string of the molecule is OOC(O)C1CCCCC1. The van der Waals surface area contributed by atoms with Crippen LogP contribution in [0, 0.1) is 5.92 Å². The van der Waals surface area contributed by atoms with Crippen molar-refractivity contribution in [3.63, 3.8) is 0 Å². The third-order valence-electron chi connectivity index (χ3n) is 2.16. The van der Waals surface area contributed by atoms with Crippen molar-refractivity contribution in [2.45, 2.75) is 38.4 Å². The summed E-state index contributed by atoms with van der Waals surface area (Å²) < 4.78 is 0. The van der Waals surface area contributed by atoms with Gasteiger partial charge in [-0.25, -0.2) is 10.1 Å². The van der Waals surface area contributed by atoms with Crippen LogP contribution < -0.4 is 0 Å². The van der Waals surface area contributed by atoms with Crippen LogP contribution in [0.3, 0.4) is 0 Å². The van der Waals surface area contributed by atoms with Gasteiger partial charge in [-0.05, 0) is 12.8 Å². The molecule has 1 fully saturated rings. The van der Waals surface area contributed by atoms with Crippen molar-refractivity contribution in [3.8, 4) is 0 Å². The second-order valence-electron chi connectivity index (χ2n) is 2.89. The van der Waals surface area contributed by atoms with Gasteiger partial charge >= 0.3 is 0 Å². The van der Waals surface area contributed by atoms with E-state index in [1.807, 2.05) is 0 Å². The average Bonchev–Trinajstić information content (AvgIpc) is 2.05. The number of hydrogen-bond donors (Lipinski definition) is 2. The van der Waals surface area contributed by atoms with Crippen molar-refractivity contribution in [2.75, 3.05) is 0 Å². The van der Waals surface area contributed by atoms with Gasteiger partial charge in [0.15, 0.2) is 6.29 Å². The fourth-order valence-corrected chi connectivity index (χ4v) is 1.51. The van der Waals surface area contributed by atoms with Crippen LogP contribution in [0.15, 0.2) is 0 Å². The zero-order valence-electron chi connectivity index (χ0n) is 5.99. The zero-order valence-corrected chi connectivity index (χ0v) is 5.99. The van der Waals surface area contributed by atoms with E-state index in [0.29, 0.717) is 0 Å². The summed E-state index contributed by atoms with van der Waals surface area (Å²) >= 11 is 0. The first-order chi connectivity index (χ1) is 4.84. The molecule has 1 unspecified atom stereocenters. The van der Waals surface area contributed by atoms with Crippen LogP contribution in [0.2, 0.25) is 0 Å². The summed E-state index contributed by atoms with van der Waals surface area (Å²) in [4.78, 5) is 3.85. The molecule has 1 aliphatic rings. The van der Waals surface area contributed by atoms with E-state index < -0.39 is 6.29 Å². The first-order valence-electron chi connectivity index (χ1n) is 3.83. The highest BCUT2D eigenvalue weighted by atomic mass is 17.1. The molecule has 10 heavy (non-hydrogen) atoms. The largest absolute Gasteiger partial charge is 0.365 e. The number of hydrogen-bond acceptors (Lipinski definition) is 3. The van der Waals surface area contributed by atoms with Crippen molar-refractivity contribution < 1.29 is 15.3 Å². The molecule has 0 bridgehead atoms. The molecule has 3 nitrogen and oxygen atoms in total. The van der Waals surface area contributed by atoms with Crippen molar-refractivity contribution >= 4 is 0 Å². The van der Waals surface area contributed by atoms with E-state index in [2.05, 4.69) is 4.89 Å². The maximum atomic E-state index is 9.01. The summed E-state index contributed by atoms with van der Waals surface area (Å²) in [6, 6.07) is 0. The molecule has 0 radical (unpaired) electrons. The first-order valence-corrected chi connectivity index (χ1v) is 3.83. The molecule has 0 aliphatic heterocycles. The highest BCUT2D eigenvalue weighted by molar-refractivity contribution is 4.66. The van der Waals surface area contributed by atoms with Gasteiger partial charge in [0, 0.05) is 5.92 Å². The minimum absolute atomic E-state index is 0.152. The summed E-state index contributed by atoms with van der Waals surface area (Å²) in [5, 5.41) is 17.1. The van der Waals surface area contributed by atoms with Crippen molar-refractivity contribution in [2.24, 2.45) is 5.92 Å². The van der Waals surface area contributed by atoms with Crippen LogP contribution >= 0.6 is 0 Å². The maximum Gasteiger partial charge on any atom is 0.191 e. The lowest BCUT2D eigenvalue weighted by molar-refractivity contribution is -0.349. The highest BCUT2D eigenvalue weighted by Crippen LogP contribution is 2.26. The summed E-state index contributed by atoms with van der Waals surface area (Å²) in [7, 11) is 0. The molecule has 60 valence electrons. The van der Waals surface area contributed by atoms with E-state index in [1.165, 1.54) is 6.42 Å². The summed E-state index contributed by atoms with van der Waals surface area (Å²) in [6.45, 7) is 0. The number of aliphatic hydroxyl groups is 1. The Morgan fingerprint density at radius 2 is 1.80 bits per heavy atom. The van der Waals surface area contributed by atoms with Gasteiger partial charge in [0.1, 0.15) is 0 Å². The van der Waals surface area contributed by atoms with Gasteiger partial charge in [-0.2, -0.15) is 0 Å². The number of rotatable bonds is 2. The monoisotopic (exact) mass is 146 g/mol. The minimum atomic E-state index is -0.958. The summed E-state index contributed by atoms with van der Waals surface area (Å²) in [5.41, 5.74) is 0. The lowest BCUT2D eigenvalue weighted by atomic mass is 9.89. The lowest BCUT2D eigenvalue weighted by Crippen LogP contribution is -2.24. The molecule has 1 saturated carbocycles. The van der Waals surface area contributed by atoms with Crippen molar-refractivity contribution in [3.05, 3.63) is 0 Å². The van der Waals surface area contributed by atoms with Crippen LogP contribution in [0.5, 0.6) is 0 Å². The molecule has 1 atom stereocenters. The smallest absolute Gasteiger partial charge is 0.191 e. The van der Waals surface area contributed by atoms with Crippen LogP contribution in [0.4, 0.5) is 0 Å². The van der Waals surface area contributed by atoms with E-state index in [4.69, 9.17) is 10.4 Å². The van der Waals surface area contributed by atoms with Gasteiger partial charge in [0.25, 0.3) is 0 Å². The van der Waals surface area contributed by atoms with Gasteiger partial charge < -0.3 is 5.11 Å². The Labute approximate surface area is 60.6 Å². The first kappa shape index (κ1) is 7.98. The van der Waals surface area contributed by atoms with E-state index in [9.17, 15) is 0 Å². The second kappa shape index (κ2) is 3.91. The normalized spacial score (nSPS) is 24.6. The topological polar surface area (TPSA) is 49.7 Å². The zero-order chi connectivity index (χ0) is 7.40. The van der Waals surface area contributed by atoms with E-state index in [-0.39, 0.29) is 5.92 Å². The Kier molecular flexibility index (Phi) is 3.12. The highest BCUT2D eigenvalue weighted by Gasteiger charge is 2.21. The Hall–Kier alpha value is -0.120. The minimum Gasteiger partial charge on any atom is -0.365 e. The van der Waals surface area contributed by atoms with Gasteiger partial charge in [0.2, 0.25) is 0 Å². The van der Waals surface area contributed by atoms with Gasteiger partial charge in [-0.15, -0.1) is 0 Å². The third kappa shape index (κ3) is 1.94. The van der Waals surface area contributed by atoms with E-state index in [1.54, 1.807) is 0 Å². The van der Waals surface area contributed by atoms with Crippen molar-refractivity contribution in [1.82, 2.24) is 0 Å². The average molecular weight is 146 g/mol. The fourth-order valence-electron chi connectivity index (χ4n) is 1.51. The Balaban J connectivity index is 2.24. The molecule has 0 aromatic heterocycles. The lowest BCUT2D eigenvalue weighted by Gasteiger charge is -2.23. The molecular weight excluding hydrogens is 132 g/mol. The van der Waals surface area contributed by atoms with Gasteiger partial charge in [-0.3, -0.25) is 0 Å². The fraction of sp³-hybridized carbons (Fsp3) is 1.00. The molecule has 0 aromatic carbocycles. The van der Waals surface area contributed by atoms with Crippen LogP contribution in [0.25, 0.3) is 0 Å². The molecule has 1 rings (SSSR count). The molecule has 1 aliphatic carbocycles. The molecule has 3 heteroatoms. The van der Waals surface area contributed by atoms with E-state index in [0.717, 1.165) is 25.7 Å². The molecule has 0 spiro atoms. The quantitative estimate of drug-likeness (QED) is 0.351. The Morgan fingerprint density at radius 3 is 2.30 bits per heavy atom. The predicted molar refractivity (Wildman–Crippen MR) is 36.3 cm³/mol.